The highest BCUT2D eigenvalue weighted by atomic mass is 15.0. The van der Waals surface area contributed by atoms with Crippen molar-refractivity contribution < 1.29 is 0 Å². The maximum absolute atomic E-state index is 3.78. The van der Waals surface area contributed by atoms with Crippen molar-refractivity contribution in [2.24, 2.45) is 0 Å². The number of fused-ring (bicyclic) bond motifs is 12. The molecule has 3 heterocycles. The number of aromatic amines is 1. The van der Waals surface area contributed by atoms with E-state index in [4.69, 9.17) is 0 Å². The number of allylic oxidation sites excluding steroid dienone is 2. The van der Waals surface area contributed by atoms with Crippen LogP contribution in [0.1, 0.15) is 46.8 Å². The summed E-state index contributed by atoms with van der Waals surface area (Å²) >= 11 is 0. The highest BCUT2D eigenvalue weighted by Crippen LogP contribution is 2.50. The normalized spacial score (nSPS) is 18.3. The van der Waals surface area contributed by atoms with Crippen molar-refractivity contribution in [1.29, 1.82) is 0 Å². The Hall–Kier alpha value is -3.52. The second-order valence-electron chi connectivity index (χ2n) is 8.89. The van der Waals surface area contributed by atoms with E-state index >= 15 is 0 Å². The third-order valence-corrected chi connectivity index (χ3v) is 7.48. The van der Waals surface area contributed by atoms with E-state index in [0.717, 1.165) is 19.3 Å². The van der Waals surface area contributed by atoms with Gasteiger partial charge in [0.15, 0.2) is 0 Å². The molecule has 3 aromatic carbocycles. The summed E-state index contributed by atoms with van der Waals surface area (Å²) in [6, 6.07) is 18.3. The molecule has 1 unspecified atom stereocenters. The van der Waals surface area contributed by atoms with Crippen LogP contribution < -0.4 is 0 Å². The minimum atomic E-state index is 0.482. The van der Waals surface area contributed by atoms with Crippen LogP contribution in [0.3, 0.4) is 0 Å². The number of hydrogen-bond acceptors (Lipinski definition) is 0. The largest absolute Gasteiger partial charge is 0.357 e. The molecule has 3 aliphatic rings. The number of H-pyrrole nitrogens is 1. The molecule has 30 heavy (non-hydrogen) atoms. The van der Waals surface area contributed by atoms with Crippen molar-refractivity contribution in [2.75, 3.05) is 0 Å². The van der Waals surface area contributed by atoms with Gasteiger partial charge < -0.3 is 9.55 Å². The molecule has 142 valence electrons. The predicted octanol–water partition coefficient (Wildman–Crippen LogP) is 7.09. The SMILES string of the molecule is C1=Cc2c([nH]c3c2ccc2c3ccc3c4c5n(c32)-c2ccccc2C5CC=C4)CC1. The number of nitrogens with zero attached hydrogens (tertiary/aromatic N) is 1. The fraction of sp³-hybridized carbons (Fsp3) is 0.143. The zero-order valence-electron chi connectivity index (χ0n) is 16.6. The number of para-hydroxylation sites is 1. The van der Waals surface area contributed by atoms with Gasteiger partial charge in [0.2, 0.25) is 0 Å². The molecule has 0 radical (unpaired) electrons. The monoisotopic (exact) mass is 384 g/mol. The number of nitrogens with one attached hydrogen (secondary N) is 1. The lowest BCUT2D eigenvalue weighted by atomic mass is 9.87. The molecule has 0 bridgehead atoms. The van der Waals surface area contributed by atoms with Gasteiger partial charge in [0, 0.05) is 55.7 Å². The van der Waals surface area contributed by atoms with E-state index < -0.39 is 0 Å². The van der Waals surface area contributed by atoms with Crippen LogP contribution in [0.15, 0.2) is 60.7 Å². The third kappa shape index (κ3) is 1.65. The highest BCUT2D eigenvalue weighted by molar-refractivity contribution is 6.19. The van der Waals surface area contributed by atoms with Gasteiger partial charge in [-0.2, -0.15) is 0 Å². The van der Waals surface area contributed by atoms with Gasteiger partial charge >= 0.3 is 0 Å². The van der Waals surface area contributed by atoms with Gasteiger partial charge in [-0.3, -0.25) is 0 Å². The Bertz CT molecular complexity index is 1620. The van der Waals surface area contributed by atoms with Crippen LogP contribution in [0, 0.1) is 0 Å². The third-order valence-electron chi connectivity index (χ3n) is 7.48. The minimum absolute atomic E-state index is 0.482. The van der Waals surface area contributed by atoms with Crippen LogP contribution in [0.2, 0.25) is 0 Å². The van der Waals surface area contributed by atoms with Gasteiger partial charge in [-0.1, -0.05) is 66.8 Å². The molecule has 0 saturated heterocycles. The van der Waals surface area contributed by atoms with Crippen molar-refractivity contribution in [2.45, 2.75) is 25.2 Å². The van der Waals surface area contributed by atoms with Crippen LogP contribution in [-0.4, -0.2) is 9.55 Å². The number of aryl methyl sites for hydroxylation is 1. The Balaban J connectivity index is 1.57. The molecule has 0 amide bonds. The van der Waals surface area contributed by atoms with Crippen LogP contribution in [0.4, 0.5) is 0 Å². The van der Waals surface area contributed by atoms with E-state index in [2.05, 4.69) is 82.4 Å². The summed E-state index contributed by atoms with van der Waals surface area (Å²) in [5.74, 6) is 0.482. The first-order chi connectivity index (χ1) is 14.9. The van der Waals surface area contributed by atoms with Gasteiger partial charge in [0.1, 0.15) is 0 Å². The zero-order chi connectivity index (χ0) is 19.4. The average molecular weight is 384 g/mol. The standard InChI is InChI=1S/C28H20N2/c1-3-10-24-16(6-1)18-12-14-22-19(26(18)29-24)13-15-23-21-9-5-8-20-17-7-2-4-11-25(17)30(27(20)21)28(22)23/h1-2,4-7,9,11-15,20,29H,3,8,10H2. The van der Waals surface area contributed by atoms with E-state index in [-0.39, 0.29) is 0 Å². The van der Waals surface area contributed by atoms with E-state index in [9.17, 15) is 0 Å². The van der Waals surface area contributed by atoms with E-state index in [1.54, 1.807) is 0 Å². The van der Waals surface area contributed by atoms with E-state index in [1.807, 2.05) is 0 Å². The molecule has 0 fully saturated rings. The first-order valence-corrected chi connectivity index (χ1v) is 11.0. The highest BCUT2D eigenvalue weighted by Gasteiger charge is 2.35. The van der Waals surface area contributed by atoms with Crippen molar-refractivity contribution in [3.8, 4) is 5.69 Å². The van der Waals surface area contributed by atoms with Crippen molar-refractivity contribution in [3.05, 3.63) is 88.8 Å². The number of rotatable bonds is 0. The molecule has 2 aromatic heterocycles. The zero-order valence-corrected chi connectivity index (χ0v) is 16.6. The number of aromatic nitrogens is 2. The van der Waals surface area contributed by atoms with Crippen molar-refractivity contribution in [3.63, 3.8) is 0 Å². The van der Waals surface area contributed by atoms with Crippen LogP contribution in [0.25, 0.3) is 50.4 Å². The summed E-state index contributed by atoms with van der Waals surface area (Å²) in [5, 5.41) is 5.41. The molecule has 8 rings (SSSR count). The molecule has 0 saturated carbocycles. The molecule has 5 aromatic rings. The quantitative estimate of drug-likeness (QED) is 0.294. The summed E-state index contributed by atoms with van der Waals surface area (Å²) in [4.78, 5) is 3.78. The Kier molecular flexibility index (Phi) is 2.63. The molecule has 2 heteroatoms. The maximum atomic E-state index is 3.78. The number of benzene rings is 3. The molecule has 1 atom stereocenters. The van der Waals surface area contributed by atoms with Crippen molar-refractivity contribution in [1.82, 2.24) is 9.55 Å². The molecule has 1 N–H and O–H groups in total. The molecular formula is C28H20N2. The minimum Gasteiger partial charge on any atom is -0.357 e. The van der Waals surface area contributed by atoms with Crippen molar-refractivity contribution >= 4 is 44.7 Å². The summed E-state index contributed by atoms with van der Waals surface area (Å²) < 4.78 is 2.56. The lowest BCUT2D eigenvalue weighted by molar-refractivity contribution is 0.820. The Morgan fingerprint density at radius 1 is 0.800 bits per heavy atom. The second-order valence-corrected chi connectivity index (χ2v) is 8.89. The van der Waals surface area contributed by atoms with Gasteiger partial charge in [0.25, 0.3) is 0 Å². The van der Waals surface area contributed by atoms with Gasteiger partial charge in [-0.05, 0) is 30.9 Å². The lowest BCUT2D eigenvalue weighted by Gasteiger charge is -2.14. The predicted molar refractivity (Wildman–Crippen MR) is 125 cm³/mol. The summed E-state index contributed by atoms with van der Waals surface area (Å²) in [5.41, 5.74) is 11.1. The molecule has 1 aliphatic heterocycles. The molecular weight excluding hydrogens is 364 g/mol. The van der Waals surface area contributed by atoms with Gasteiger partial charge in [0.05, 0.1) is 11.0 Å². The maximum Gasteiger partial charge on any atom is 0.0617 e. The summed E-state index contributed by atoms with van der Waals surface area (Å²) in [7, 11) is 0. The Labute approximate surface area is 174 Å². The fourth-order valence-electron chi connectivity index (χ4n) is 6.25. The average Bonchev–Trinajstić information content (AvgIpc) is 3.45. The summed E-state index contributed by atoms with van der Waals surface area (Å²) in [6.45, 7) is 0. The van der Waals surface area contributed by atoms with E-state index in [1.165, 1.54) is 66.3 Å². The topological polar surface area (TPSA) is 20.7 Å². The Morgan fingerprint density at radius 2 is 1.63 bits per heavy atom. The van der Waals surface area contributed by atoms with Gasteiger partial charge in [-0.25, -0.2) is 0 Å². The smallest absolute Gasteiger partial charge is 0.0617 e. The van der Waals surface area contributed by atoms with Gasteiger partial charge in [-0.15, -0.1) is 0 Å². The van der Waals surface area contributed by atoms with Crippen LogP contribution in [0.5, 0.6) is 0 Å². The lowest BCUT2D eigenvalue weighted by Crippen LogP contribution is -2.00. The molecule has 2 aliphatic carbocycles. The summed E-state index contributed by atoms with van der Waals surface area (Å²) in [6.07, 6.45) is 12.6. The number of hydrogen-bond donors (Lipinski definition) is 1. The second kappa shape index (κ2) is 5.14. The molecule has 2 nitrogen and oxygen atoms in total. The molecule has 0 spiro atoms. The van der Waals surface area contributed by atoms with Crippen LogP contribution in [-0.2, 0) is 6.42 Å². The first kappa shape index (κ1) is 15.3. The van der Waals surface area contributed by atoms with E-state index in [0.29, 0.717) is 5.92 Å². The fourth-order valence-corrected chi connectivity index (χ4v) is 6.25. The van der Waals surface area contributed by atoms with Crippen LogP contribution >= 0.6 is 0 Å². The Morgan fingerprint density at radius 3 is 2.63 bits per heavy atom. The first-order valence-electron chi connectivity index (χ1n) is 11.0.